The number of carbonyl (C=O) groups excluding carboxylic acids is 1. The van der Waals surface area contributed by atoms with Crippen molar-refractivity contribution in [3.8, 4) is 0 Å². The third kappa shape index (κ3) is 2.93. The van der Waals surface area contributed by atoms with E-state index in [1.807, 2.05) is 6.92 Å². The zero-order valence-corrected chi connectivity index (χ0v) is 16.0. The van der Waals surface area contributed by atoms with Gasteiger partial charge in [-0.05, 0) is 69.3 Å². The van der Waals surface area contributed by atoms with Crippen molar-refractivity contribution in [2.45, 2.75) is 56.9 Å². The van der Waals surface area contributed by atoms with E-state index in [9.17, 15) is 9.59 Å². The highest BCUT2D eigenvalue weighted by atomic mass is 16.2. The number of rotatable bonds is 4. The first kappa shape index (κ1) is 17.5. The highest BCUT2D eigenvalue weighted by Gasteiger charge is 2.52. The number of hydrogen-bond acceptors (Lipinski definition) is 5. The van der Waals surface area contributed by atoms with Crippen molar-refractivity contribution < 1.29 is 4.79 Å². The van der Waals surface area contributed by atoms with E-state index < -0.39 is 5.91 Å². The van der Waals surface area contributed by atoms with E-state index in [2.05, 4.69) is 25.3 Å². The number of nitrogens with one attached hydrogen (secondary N) is 2. The van der Waals surface area contributed by atoms with Gasteiger partial charge in [0, 0.05) is 17.8 Å². The summed E-state index contributed by atoms with van der Waals surface area (Å²) in [6, 6.07) is 1.42. The summed E-state index contributed by atoms with van der Waals surface area (Å²) in [6.45, 7) is 1.83. The third-order valence-electron chi connectivity index (χ3n) is 6.98. The minimum atomic E-state index is -0.433. The summed E-state index contributed by atoms with van der Waals surface area (Å²) in [5, 5.41) is 2.82. The highest BCUT2D eigenvalue weighted by Crippen LogP contribution is 2.59. The molecule has 7 heteroatoms. The number of aromatic nitrogens is 4. The average molecular weight is 379 g/mol. The zero-order chi connectivity index (χ0) is 19.3. The quantitative estimate of drug-likeness (QED) is 0.850. The van der Waals surface area contributed by atoms with Crippen LogP contribution in [0.3, 0.4) is 0 Å². The van der Waals surface area contributed by atoms with Crippen LogP contribution in [0.25, 0.3) is 0 Å². The van der Waals surface area contributed by atoms with Crippen molar-refractivity contribution in [3.63, 3.8) is 0 Å². The van der Waals surface area contributed by atoms with Crippen LogP contribution in [0.5, 0.6) is 0 Å². The first-order valence-corrected chi connectivity index (χ1v) is 10.2. The number of carbonyl (C=O) groups is 1. The SMILES string of the molecule is C[C@@H](NC(=O)c1cnc(C23CC4CC(CC(C4)C2)C3)[nH]c1=O)c1ccncn1. The molecule has 1 amide bonds. The van der Waals surface area contributed by atoms with Gasteiger partial charge in [0.05, 0.1) is 11.7 Å². The molecular formula is C21H25N5O2. The van der Waals surface area contributed by atoms with E-state index in [0.29, 0.717) is 5.69 Å². The van der Waals surface area contributed by atoms with Crippen LogP contribution in [-0.4, -0.2) is 25.8 Å². The number of hydrogen-bond donors (Lipinski definition) is 2. The molecule has 2 aromatic heterocycles. The molecule has 4 saturated carbocycles. The van der Waals surface area contributed by atoms with Crippen molar-refractivity contribution >= 4 is 5.91 Å². The van der Waals surface area contributed by atoms with E-state index in [1.165, 1.54) is 31.8 Å². The summed E-state index contributed by atoms with van der Waals surface area (Å²) in [4.78, 5) is 40.9. The van der Waals surface area contributed by atoms with Crippen LogP contribution in [0.15, 0.2) is 29.6 Å². The molecule has 1 atom stereocenters. The normalized spacial score (nSPS) is 31.5. The second-order valence-corrected chi connectivity index (χ2v) is 9.00. The minimum absolute atomic E-state index is 0.0111. The number of nitrogens with zero attached hydrogens (tertiary/aromatic N) is 3. The van der Waals surface area contributed by atoms with Crippen molar-refractivity contribution in [3.05, 3.63) is 52.2 Å². The molecule has 2 N–H and O–H groups in total. The molecular weight excluding hydrogens is 354 g/mol. The van der Waals surface area contributed by atoms with Gasteiger partial charge in [0.15, 0.2) is 0 Å². The number of aromatic amines is 1. The molecule has 0 radical (unpaired) electrons. The van der Waals surface area contributed by atoms with E-state index in [1.54, 1.807) is 12.3 Å². The van der Waals surface area contributed by atoms with Crippen molar-refractivity contribution in [1.82, 2.24) is 25.3 Å². The fourth-order valence-corrected chi connectivity index (χ4v) is 6.13. The molecule has 28 heavy (non-hydrogen) atoms. The van der Waals surface area contributed by atoms with Crippen molar-refractivity contribution in [2.75, 3.05) is 0 Å². The van der Waals surface area contributed by atoms with Gasteiger partial charge in [-0.15, -0.1) is 0 Å². The van der Waals surface area contributed by atoms with Gasteiger partial charge in [0.1, 0.15) is 17.7 Å². The molecule has 0 aliphatic heterocycles. The second kappa shape index (κ2) is 6.50. The number of amides is 1. The summed E-state index contributed by atoms with van der Waals surface area (Å²) in [6.07, 6.45) is 11.9. The van der Waals surface area contributed by atoms with Crippen LogP contribution in [0.2, 0.25) is 0 Å². The van der Waals surface area contributed by atoms with Crippen LogP contribution in [0, 0.1) is 17.8 Å². The number of H-pyrrole nitrogens is 1. The molecule has 4 aliphatic rings. The smallest absolute Gasteiger partial charge is 0.263 e. The predicted octanol–water partition coefficient (Wildman–Crippen LogP) is 2.52. The molecule has 0 aromatic carbocycles. The molecule has 0 saturated heterocycles. The van der Waals surface area contributed by atoms with Crippen LogP contribution in [0.1, 0.15) is 73.4 Å². The Balaban J connectivity index is 1.37. The zero-order valence-electron chi connectivity index (χ0n) is 16.0. The maximum Gasteiger partial charge on any atom is 0.263 e. The Hall–Kier alpha value is -2.57. The maximum atomic E-state index is 12.7. The monoisotopic (exact) mass is 379 g/mol. The molecule has 7 nitrogen and oxygen atoms in total. The van der Waals surface area contributed by atoms with E-state index in [-0.39, 0.29) is 22.6 Å². The minimum Gasteiger partial charge on any atom is -0.344 e. The summed E-state index contributed by atoms with van der Waals surface area (Å²) < 4.78 is 0. The molecule has 0 spiro atoms. The van der Waals surface area contributed by atoms with E-state index in [4.69, 9.17) is 0 Å². The summed E-state index contributed by atoms with van der Waals surface area (Å²) in [5.41, 5.74) is 0.400. The standard InChI is InChI=1S/C21H25N5O2/c1-12(17-2-3-22-11-24-17)25-18(27)16-10-23-20(26-19(16)28)21-7-13-4-14(8-21)6-15(5-13)9-21/h2-3,10-15H,4-9H2,1H3,(H,25,27)(H,23,26,28)/t12-,13?,14?,15?,21?/m1/s1. The molecule has 146 valence electrons. The predicted molar refractivity (Wildman–Crippen MR) is 103 cm³/mol. The van der Waals surface area contributed by atoms with Gasteiger partial charge >= 0.3 is 0 Å². The Bertz CT molecular complexity index is 919. The van der Waals surface area contributed by atoms with Gasteiger partial charge in [0.25, 0.3) is 11.5 Å². The summed E-state index contributed by atoms with van der Waals surface area (Å²) in [7, 11) is 0. The lowest BCUT2D eigenvalue weighted by atomic mass is 9.49. The largest absolute Gasteiger partial charge is 0.344 e. The first-order valence-electron chi connectivity index (χ1n) is 10.2. The van der Waals surface area contributed by atoms with Crippen molar-refractivity contribution in [1.29, 1.82) is 0 Å². The molecule has 6 rings (SSSR count). The lowest BCUT2D eigenvalue weighted by Gasteiger charge is -2.56. The highest BCUT2D eigenvalue weighted by molar-refractivity contribution is 5.93. The fourth-order valence-electron chi connectivity index (χ4n) is 6.13. The molecule has 2 heterocycles. The lowest BCUT2D eigenvalue weighted by molar-refractivity contribution is -0.00954. The molecule has 0 unspecified atom stereocenters. The topological polar surface area (TPSA) is 101 Å². The van der Waals surface area contributed by atoms with Crippen LogP contribution >= 0.6 is 0 Å². The molecule has 4 bridgehead atoms. The molecule has 2 aromatic rings. The Morgan fingerprint density at radius 1 is 1.18 bits per heavy atom. The van der Waals surface area contributed by atoms with Crippen LogP contribution in [0.4, 0.5) is 0 Å². The van der Waals surface area contributed by atoms with Gasteiger partial charge in [-0.3, -0.25) is 9.59 Å². The molecule has 4 fully saturated rings. The van der Waals surface area contributed by atoms with Gasteiger partial charge in [-0.1, -0.05) is 0 Å². The Labute approximate surface area is 163 Å². The van der Waals surface area contributed by atoms with Gasteiger partial charge in [-0.25, -0.2) is 15.0 Å². The Morgan fingerprint density at radius 2 is 1.86 bits per heavy atom. The first-order chi connectivity index (χ1) is 13.5. The van der Waals surface area contributed by atoms with E-state index in [0.717, 1.165) is 42.8 Å². The van der Waals surface area contributed by atoms with Gasteiger partial charge in [0.2, 0.25) is 0 Å². The Kier molecular flexibility index (Phi) is 4.07. The van der Waals surface area contributed by atoms with Crippen LogP contribution in [-0.2, 0) is 5.41 Å². The fraction of sp³-hybridized carbons (Fsp3) is 0.571. The lowest BCUT2D eigenvalue weighted by Crippen LogP contribution is -2.50. The van der Waals surface area contributed by atoms with Gasteiger partial charge < -0.3 is 10.3 Å². The summed E-state index contributed by atoms with van der Waals surface area (Å²) in [5.74, 6) is 2.67. The van der Waals surface area contributed by atoms with Crippen LogP contribution < -0.4 is 10.9 Å². The second-order valence-electron chi connectivity index (χ2n) is 9.00. The molecule has 4 aliphatic carbocycles. The Morgan fingerprint density at radius 3 is 2.43 bits per heavy atom. The summed E-state index contributed by atoms with van der Waals surface area (Å²) >= 11 is 0. The average Bonchev–Trinajstić information content (AvgIpc) is 2.67. The van der Waals surface area contributed by atoms with E-state index >= 15 is 0 Å². The van der Waals surface area contributed by atoms with Gasteiger partial charge in [-0.2, -0.15) is 0 Å². The third-order valence-corrected chi connectivity index (χ3v) is 6.98. The maximum absolute atomic E-state index is 12.7. The van der Waals surface area contributed by atoms with Crippen molar-refractivity contribution in [2.24, 2.45) is 17.8 Å².